The van der Waals surface area contributed by atoms with Crippen molar-refractivity contribution in [3.8, 4) is 0 Å². The van der Waals surface area contributed by atoms with Crippen molar-refractivity contribution < 1.29 is 9.59 Å². The molecule has 0 aliphatic carbocycles. The molecule has 7 nitrogen and oxygen atoms in total. The fraction of sp³-hybridized carbons (Fsp3) is 0.692. The molecule has 1 aliphatic rings. The van der Waals surface area contributed by atoms with Gasteiger partial charge in [-0.25, -0.2) is 4.98 Å². The van der Waals surface area contributed by atoms with Crippen molar-refractivity contribution in [1.82, 2.24) is 25.4 Å². The second-order valence-corrected chi connectivity index (χ2v) is 5.52. The molecule has 0 saturated carbocycles. The number of carbonyl (C=O) groups excluding carboxylic acids is 2. The first kappa shape index (κ1) is 14.5. The number of hydrogen-bond donors (Lipinski definition) is 2. The van der Waals surface area contributed by atoms with Gasteiger partial charge in [0.1, 0.15) is 5.82 Å². The zero-order chi connectivity index (χ0) is 14.7. The van der Waals surface area contributed by atoms with E-state index in [1.807, 2.05) is 20.8 Å². The second-order valence-electron chi connectivity index (χ2n) is 5.52. The van der Waals surface area contributed by atoms with E-state index in [4.69, 9.17) is 0 Å². The van der Waals surface area contributed by atoms with Crippen LogP contribution in [0.2, 0.25) is 0 Å². The summed E-state index contributed by atoms with van der Waals surface area (Å²) in [5, 5.41) is 9.48. The van der Waals surface area contributed by atoms with Gasteiger partial charge in [0, 0.05) is 31.5 Å². The van der Waals surface area contributed by atoms with Crippen molar-refractivity contribution in [2.45, 2.75) is 45.6 Å². The summed E-state index contributed by atoms with van der Waals surface area (Å²) in [5.41, 5.74) is 0. The topological polar surface area (TPSA) is 91.0 Å². The van der Waals surface area contributed by atoms with Crippen LogP contribution in [0, 0.1) is 0 Å². The number of aromatic amines is 1. The normalized spacial score (nSPS) is 16.8. The highest BCUT2D eigenvalue weighted by molar-refractivity contribution is 5.90. The monoisotopic (exact) mass is 279 g/mol. The number of nitrogens with one attached hydrogen (secondary N) is 2. The van der Waals surface area contributed by atoms with Crippen molar-refractivity contribution >= 4 is 11.8 Å². The smallest absolute Gasteiger partial charge is 0.291 e. The van der Waals surface area contributed by atoms with Crippen LogP contribution in [0.15, 0.2) is 0 Å². The molecular weight excluding hydrogens is 258 g/mol. The molecule has 7 heteroatoms. The highest BCUT2D eigenvalue weighted by Crippen LogP contribution is 2.10. The number of nitrogens with zero attached hydrogens (tertiary/aromatic N) is 3. The second kappa shape index (κ2) is 6.02. The molecule has 110 valence electrons. The van der Waals surface area contributed by atoms with E-state index < -0.39 is 0 Å². The first-order valence-corrected chi connectivity index (χ1v) is 6.98. The Kier molecular flexibility index (Phi) is 4.36. The molecule has 1 saturated heterocycles. The van der Waals surface area contributed by atoms with Gasteiger partial charge in [-0.2, -0.15) is 0 Å². The highest BCUT2D eigenvalue weighted by Gasteiger charge is 2.23. The van der Waals surface area contributed by atoms with Crippen molar-refractivity contribution in [2.24, 2.45) is 0 Å². The zero-order valence-electron chi connectivity index (χ0n) is 12.1. The molecule has 1 aromatic rings. The molecule has 2 rings (SSSR count). The first-order valence-electron chi connectivity index (χ1n) is 6.98. The lowest BCUT2D eigenvalue weighted by Crippen LogP contribution is -2.42. The number of carbonyl (C=O) groups is 2. The minimum Gasteiger partial charge on any atom is -0.345 e. The average molecular weight is 279 g/mol. The maximum atomic E-state index is 12.0. The maximum Gasteiger partial charge on any atom is 0.291 e. The Balaban J connectivity index is 1.88. The van der Waals surface area contributed by atoms with Gasteiger partial charge in [0.15, 0.2) is 0 Å². The van der Waals surface area contributed by atoms with Crippen LogP contribution in [0.25, 0.3) is 0 Å². The SMILES string of the molecule is CC(CN1CCCC1=O)NC(=O)c1n[nH]c(C(C)C)n1. The van der Waals surface area contributed by atoms with Crippen molar-refractivity contribution in [3.05, 3.63) is 11.6 Å². The molecule has 0 aromatic carbocycles. The van der Waals surface area contributed by atoms with Crippen LogP contribution < -0.4 is 5.32 Å². The molecule has 1 fully saturated rings. The van der Waals surface area contributed by atoms with Gasteiger partial charge in [-0.15, -0.1) is 5.10 Å². The van der Waals surface area contributed by atoms with Crippen LogP contribution in [-0.2, 0) is 4.79 Å². The predicted octanol–water partition coefficient (Wildman–Crippen LogP) is 0.669. The van der Waals surface area contributed by atoms with Gasteiger partial charge in [-0.05, 0) is 13.3 Å². The summed E-state index contributed by atoms with van der Waals surface area (Å²) in [5.74, 6) is 0.882. The molecule has 0 bridgehead atoms. The van der Waals surface area contributed by atoms with E-state index in [0.29, 0.717) is 18.8 Å². The van der Waals surface area contributed by atoms with E-state index in [-0.39, 0.29) is 29.6 Å². The van der Waals surface area contributed by atoms with E-state index in [0.717, 1.165) is 13.0 Å². The molecule has 1 aliphatic heterocycles. The number of H-pyrrole nitrogens is 1. The van der Waals surface area contributed by atoms with Gasteiger partial charge in [0.2, 0.25) is 11.7 Å². The molecule has 20 heavy (non-hydrogen) atoms. The Bertz CT molecular complexity index is 497. The van der Waals surface area contributed by atoms with Crippen LogP contribution in [-0.4, -0.2) is 51.0 Å². The van der Waals surface area contributed by atoms with Gasteiger partial charge < -0.3 is 10.2 Å². The van der Waals surface area contributed by atoms with Gasteiger partial charge in [-0.3, -0.25) is 14.7 Å². The summed E-state index contributed by atoms with van der Waals surface area (Å²) in [4.78, 5) is 29.4. The lowest BCUT2D eigenvalue weighted by atomic mass is 10.2. The van der Waals surface area contributed by atoms with Crippen LogP contribution in [0.3, 0.4) is 0 Å². The van der Waals surface area contributed by atoms with E-state index in [9.17, 15) is 9.59 Å². The Labute approximate surface area is 118 Å². The van der Waals surface area contributed by atoms with Crippen molar-refractivity contribution in [1.29, 1.82) is 0 Å². The van der Waals surface area contributed by atoms with Gasteiger partial charge in [0.25, 0.3) is 5.91 Å². The van der Waals surface area contributed by atoms with Crippen LogP contribution in [0.5, 0.6) is 0 Å². The lowest BCUT2D eigenvalue weighted by Gasteiger charge is -2.21. The highest BCUT2D eigenvalue weighted by atomic mass is 16.2. The van der Waals surface area contributed by atoms with Crippen molar-refractivity contribution in [2.75, 3.05) is 13.1 Å². The number of rotatable bonds is 5. The molecule has 2 heterocycles. The van der Waals surface area contributed by atoms with Gasteiger partial charge in [-0.1, -0.05) is 13.8 Å². The Morgan fingerprint density at radius 2 is 2.20 bits per heavy atom. The largest absolute Gasteiger partial charge is 0.345 e. The molecule has 2 amide bonds. The van der Waals surface area contributed by atoms with Crippen LogP contribution in [0.4, 0.5) is 0 Å². The van der Waals surface area contributed by atoms with Gasteiger partial charge in [0.05, 0.1) is 0 Å². The standard InChI is InChI=1S/C13H21N5O2/c1-8(2)11-15-12(17-16-11)13(20)14-9(3)7-18-6-4-5-10(18)19/h8-9H,4-7H2,1-3H3,(H,14,20)(H,15,16,17). The molecule has 1 unspecified atom stereocenters. The molecule has 1 atom stereocenters. The van der Waals surface area contributed by atoms with E-state index in [1.165, 1.54) is 0 Å². The molecule has 0 radical (unpaired) electrons. The van der Waals surface area contributed by atoms with E-state index >= 15 is 0 Å². The van der Waals surface area contributed by atoms with Crippen LogP contribution >= 0.6 is 0 Å². The summed E-state index contributed by atoms with van der Waals surface area (Å²) >= 11 is 0. The summed E-state index contributed by atoms with van der Waals surface area (Å²) < 4.78 is 0. The third-order valence-corrected chi connectivity index (χ3v) is 3.30. The molecule has 1 aromatic heterocycles. The Morgan fingerprint density at radius 1 is 1.45 bits per heavy atom. The minimum atomic E-state index is -0.313. The Morgan fingerprint density at radius 3 is 2.75 bits per heavy atom. The zero-order valence-corrected chi connectivity index (χ0v) is 12.1. The fourth-order valence-electron chi connectivity index (χ4n) is 2.20. The molecular formula is C13H21N5O2. The average Bonchev–Trinajstić information content (AvgIpc) is 2.99. The quantitative estimate of drug-likeness (QED) is 0.828. The molecule has 2 N–H and O–H groups in total. The molecule has 0 spiro atoms. The predicted molar refractivity (Wildman–Crippen MR) is 73.2 cm³/mol. The summed E-state index contributed by atoms with van der Waals surface area (Å²) in [7, 11) is 0. The minimum absolute atomic E-state index is 0.120. The number of likely N-dealkylation sites (tertiary alicyclic amines) is 1. The number of hydrogen-bond acceptors (Lipinski definition) is 4. The maximum absolute atomic E-state index is 12.0. The number of amides is 2. The van der Waals surface area contributed by atoms with Gasteiger partial charge >= 0.3 is 0 Å². The lowest BCUT2D eigenvalue weighted by molar-refractivity contribution is -0.127. The van der Waals surface area contributed by atoms with E-state index in [2.05, 4.69) is 20.5 Å². The first-order chi connectivity index (χ1) is 9.47. The van der Waals surface area contributed by atoms with Crippen molar-refractivity contribution in [3.63, 3.8) is 0 Å². The van der Waals surface area contributed by atoms with Crippen LogP contribution in [0.1, 0.15) is 56.0 Å². The third kappa shape index (κ3) is 3.34. The summed E-state index contributed by atoms with van der Waals surface area (Å²) in [6.45, 7) is 7.14. The summed E-state index contributed by atoms with van der Waals surface area (Å²) in [6, 6.07) is -0.120. The van der Waals surface area contributed by atoms with E-state index in [1.54, 1.807) is 4.90 Å². The number of aromatic nitrogens is 3. The third-order valence-electron chi connectivity index (χ3n) is 3.30. The fourth-order valence-corrected chi connectivity index (χ4v) is 2.20. The summed E-state index contributed by atoms with van der Waals surface area (Å²) in [6.07, 6.45) is 1.51. The Hall–Kier alpha value is -1.92.